The number of aryl methyl sites for hydroxylation is 1. The molecule has 1 aliphatic rings. The number of amides is 2. The smallest absolute Gasteiger partial charge is 0.363 e. The van der Waals surface area contributed by atoms with Gasteiger partial charge in [0.2, 0.25) is 0 Å². The minimum absolute atomic E-state index is 0.00436. The SMILES string of the molecule is Cc1nn(CC(F)F)c2cc(NC(=O)c3cc(F)cc(C(F)(F)F)c3)c3c(c12)C(=O)NC3(O)c1cc(F)ccc1Cl. The number of aliphatic hydroxyl groups is 1. The molecule has 0 bridgehead atoms. The summed E-state index contributed by atoms with van der Waals surface area (Å²) in [5.74, 6) is -4.53. The average molecular weight is 601 g/mol. The maximum atomic E-state index is 14.2. The molecule has 41 heavy (non-hydrogen) atoms. The second kappa shape index (κ2) is 9.73. The Hall–Kier alpha value is -4.17. The quantitative estimate of drug-likeness (QED) is 0.254. The lowest BCUT2D eigenvalue weighted by molar-refractivity contribution is -0.137. The lowest BCUT2D eigenvalue weighted by Gasteiger charge is -2.27. The van der Waals surface area contributed by atoms with Crippen LogP contribution < -0.4 is 10.6 Å². The normalized spacial score (nSPS) is 16.8. The highest BCUT2D eigenvalue weighted by Crippen LogP contribution is 2.46. The number of rotatable bonds is 5. The number of nitrogens with zero attached hydrogens (tertiary/aromatic N) is 2. The van der Waals surface area contributed by atoms with E-state index in [2.05, 4.69) is 15.7 Å². The third-order valence-corrected chi connectivity index (χ3v) is 6.79. The lowest BCUT2D eigenvalue weighted by atomic mass is 9.90. The average Bonchev–Trinajstić information content (AvgIpc) is 3.32. The number of anilines is 1. The van der Waals surface area contributed by atoms with E-state index < -0.39 is 70.7 Å². The van der Waals surface area contributed by atoms with Gasteiger partial charge < -0.3 is 15.7 Å². The van der Waals surface area contributed by atoms with Crippen molar-refractivity contribution in [3.8, 4) is 0 Å². The van der Waals surface area contributed by atoms with Crippen molar-refractivity contribution in [2.24, 2.45) is 0 Å². The molecule has 1 aromatic heterocycles. The second-order valence-electron chi connectivity index (χ2n) is 9.20. The molecule has 1 atom stereocenters. The highest BCUT2D eigenvalue weighted by molar-refractivity contribution is 6.31. The van der Waals surface area contributed by atoms with Crippen LogP contribution in [0.1, 0.15) is 43.1 Å². The molecule has 1 unspecified atom stereocenters. The van der Waals surface area contributed by atoms with E-state index in [0.29, 0.717) is 12.1 Å². The number of halogens is 8. The molecule has 3 N–H and O–H groups in total. The first kappa shape index (κ1) is 28.4. The molecule has 15 heteroatoms. The predicted molar refractivity (Wildman–Crippen MR) is 132 cm³/mol. The van der Waals surface area contributed by atoms with E-state index in [0.717, 1.165) is 28.9 Å². The number of aromatic nitrogens is 2. The molecule has 4 aromatic rings. The summed E-state index contributed by atoms with van der Waals surface area (Å²) in [5.41, 5.74) is -6.45. The molecule has 7 nitrogen and oxygen atoms in total. The third kappa shape index (κ3) is 4.86. The van der Waals surface area contributed by atoms with Gasteiger partial charge in [-0.2, -0.15) is 18.3 Å². The van der Waals surface area contributed by atoms with Crippen molar-refractivity contribution in [2.75, 3.05) is 5.32 Å². The number of hydrogen-bond donors (Lipinski definition) is 3. The third-order valence-electron chi connectivity index (χ3n) is 6.47. The van der Waals surface area contributed by atoms with Crippen molar-refractivity contribution in [1.82, 2.24) is 15.1 Å². The van der Waals surface area contributed by atoms with E-state index in [9.17, 15) is 45.4 Å². The van der Waals surface area contributed by atoms with Crippen molar-refractivity contribution in [1.29, 1.82) is 0 Å². The lowest BCUT2D eigenvalue weighted by Crippen LogP contribution is -2.41. The second-order valence-corrected chi connectivity index (χ2v) is 9.60. The maximum absolute atomic E-state index is 14.2. The minimum atomic E-state index is -5.00. The van der Waals surface area contributed by atoms with Gasteiger partial charge in [0.1, 0.15) is 18.2 Å². The number of carbonyl (C=O) groups excluding carboxylic acids is 2. The summed E-state index contributed by atoms with van der Waals surface area (Å²) >= 11 is 6.21. The number of carbonyl (C=O) groups is 2. The first-order chi connectivity index (χ1) is 19.1. The van der Waals surface area contributed by atoms with Gasteiger partial charge in [-0.25, -0.2) is 17.6 Å². The first-order valence-corrected chi connectivity index (χ1v) is 12.0. The zero-order valence-corrected chi connectivity index (χ0v) is 21.3. The van der Waals surface area contributed by atoms with Crippen molar-refractivity contribution in [3.05, 3.63) is 92.6 Å². The first-order valence-electron chi connectivity index (χ1n) is 11.6. The maximum Gasteiger partial charge on any atom is 0.416 e. The largest absolute Gasteiger partial charge is 0.416 e. The molecule has 0 aliphatic carbocycles. The van der Waals surface area contributed by atoms with Gasteiger partial charge >= 0.3 is 6.18 Å². The molecule has 0 fully saturated rings. The highest BCUT2D eigenvalue weighted by atomic mass is 35.5. The van der Waals surface area contributed by atoms with E-state index in [1.54, 1.807) is 0 Å². The molecular formula is C26H16ClF7N4O3. The Kier molecular flexibility index (Phi) is 6.73. The van der Waals surface area contributed by atoms with Gasteiger partial charge in [-0.15, -0.1) is 0 Å². The molecule has 214 valence electrons. The number of hydrogen-bond acceptors (Lipinski definition) is 4. The fraction of sp³-hybridized carbons (Fsp3) is 0.192. The Morgan fingerprint density at radius 2 is 1.85 bits per heavy atom. The summed E-state index contributed by atoms with van der Waals surface area (Å²) in [4.78, 5) is 26.4. The van der Waals surface area contributed by atoms with Crippen LogP contribution in [0.4, 0.5) is 36.4 Å². The van der Waals surface area contributed by atoms with Crippen LogP contribution in [-0.4, -0.2) is 33.1 Å². The summed E-state index contributed by atoms with van der Waals surface area (Å²) in [7, 11) is 0. The molecule has 2 amide bonds. The molecular weight excluding hydrogens is 585 g/mol. The van der Waals surface area contributed by atoms with Gasteiger partial charge in [-0.05, 0) is 49.4 Å². The van der Waals surface area contributed by atoms with Crippen molar-refractivity contribution < 1.29 is 45.4 Å². The van der Waals surface area contributed by atoms with E-state index in [1.807, 2.05) is 0 Å². The Labute approximate surface area is 230 Å². The summed E-state index contributed by atoms with van der Waals surface area (Å²) in [6.07, 6.45) is -7.89. The van der Waals surface area contributed by atoms with E-state index in [-0.39, 0.29) is 38.8 Å². The van der Waals surface area contributed by atoms with Crippen LogP contribution in [-0.2, 0) is 18.4 Å². The summed E-state index contributed by atoms with van der Waals surface area (Å²) in [6.45, 7) is 0.463. The molecule has 3 aromatic carbocycles. The van der Waals surface area contributed by atoms with Crippen LogP contribution in [0.5, 0.6) is 0 Å². The Bertz CT molecular complexity index is 1760. The molecule has 0 saturated heterocycles. The minimum Gasteiger partial charge on any atom is -0.363 e. The molecule has 1 aliphatic heterocycles. The molecule has 5 rings (SSSR count). The Morgan fingerprint density at radius 3 is 2.51 bits per heavy atom. The molecule has 0 radical (unpaired) electrons. The van der Waals surface area contributed by atoms with Crippen LogP contribution >= 0.6 is 11.6 Å². The zero-order chi connectivity index (χ0) is 30.0. The zero-order valence-electron chi connectivity index (χ0n) is 20.5. The van der Waals surface area contributed by atoms with Crippen LogP contribution in [0.25, 0.3) is 10.9 Å². The van der Waals surface area contributed by atoms with E-state index >= 15 is 0 Å². The standard InChI is InChI=1S/C26H16ClF7N4O3/c1-10-20-18(38(37-10)9-19(30)31)8-17(35-23(39)11-4-12(26(32,33)34)6-14(29)5-11)22-21(20)24(40)36-25(22,41)15-7-13(28)2-3-16(15)27/h2-8,19,41H,9H2,1H3,(H,35,39)(H,36,40). The monoisotopic (exact) mass is 600 g/mol. The van der Waals surface area contributed by atoms with Gasteiger partial charge in [-0.3, -0.25) is 14.3 Å². The fourth-order valence-electron chi connectivity index (χ4n) is 4.84. The number of fused-ring (bicyclic) bond motifs is 3. The summed E-state index contributed by atoms with van der Waals surface area (Å²) in [6, 6.07) is 5.01. The van der Waals surface area contributed by atoms with Gasteiger partial charge in [0.15, 0.2) is 5.72 Å². The van der Waals surface area contributed by atoms with Crippen molar-refractivity contribution in [3.63, 3.8) is 0 Å². The van der Waals surface area contributed by atoms with Crippen LogP contribution in [0.2, 0.25) is 5.02 Å². The molecule has 0 saturated carbocycles. The summed E-state index contributed by atoms with van der Waals surface area (Å²) in [5, 5.41) is 20.1. The number of alkyl halides is 5. The fourth-order valence-corrected chi connectivity index (χ4v) is 5.09. The van der Waals surface area contributed by atoms with E-state index in [4.69, 9.17) is 11.6 Å². The molecule has 0 spiro atoms. The number of benzene rings is 3. The van der Waals surface area contributed by atoms with Crippen LogP contribution in [0, 0.1) is 18.6 Å². The Morgan fingerprint density at radius 1 is 1.15 bits per heavy atom. The van der Waals surface area contributed by atoms with Gasteiger partial charge in [-0.1, -0.05) is 11.6 Å². The van der Waals surface area contributed by atoms with Crippen molar-refractivity contribution in [2.45, 2.75) is 31.8 Å². The van der Waals surface area contributed by atoms with Gasteiger partial charge in [0, 0.05) is 27.1 Å². The highest BCUT2D eigenvalue weighted by Gasteiger charge is 2.48. The Balaban J connectivity index is 1.77. The van der Waals surface area contributed by atoms with Gasteiger partial charge in [0.05, 0.1) is 28.0 Å². The number of nitrogens with one attached hydrogen (secondary N) is 2. The van der Waals surface area contributed by atoms with Crippen LogP contribution in [0.3, 0.4) is 0 Å². The summed E-state index contributed by atoms with van der Waals surface area (Å²) < 4.78 is 95.5. The topological polar surface area (TPSA) is 96.2 Å². The van der Waals surface area contributed by atoms with E-state index in [1.165, 1.54) is 6.92 Å². The van der Waals surface area contributed by atoms with Crippen molar-refractivity contribution >= 4 is 40.0 Å². The van der Waals surface area contributed by atoms with Crippen LogP contribution in [0.15, 0.2) is 42.5 Å². The molecule has 2 heterocycles. The van der Waals surface area contributed by atoms with Gasteiger partial charge in [0.25, 0.3) is 18.2 Å². The predicted octanol–water partition coefficient (Wildman–Crippen LogP) is 5.75.